The molecule has 0 spiro atoms. The third-order valence-corrected chi connectivity index (χ3v) is 6.14. The summed E-state index contributed by atoms with van der Waals surface area (Å²) in [5.41, 5.74) is 6.30. The highest BCUT2D eigenvalue weighted by Crippen LogP contribution is 2.31. The molecule has 0 saturated carbocycles. The molecule has 4 aromatic rings. The Morgan fingerprint density at radius 3 is 2.64 bits per heavy atom. The Morgan fingerprint density at radius 1 is 1.11 bits per heavy atom. The fraction of sp³-hybridized carbons (Fsp3) is 0.185. The van der Waals surface area contributed by atoms with E-state index < -0.39 is 5.97 Å². The van der Waals surface area contributed by atoms with Gasteiger partial charge in [-0.25, -0.2) is 14.3 Å². The van der Waals surface area contributed by atoms with Gasteiger partial charge in [-0.3, -0.25) is 4.79 Å². The zero-order valence-electron chi connectivity index (χ0n) is 19.9. The summed E-state index contributed by atoms with van der Waals surface area (Å²) in [6, 6.07) is 19.4. The number of nitrogens with one attached hydrogen (secondary N) is 1. The van der Waals surface area contributed by atoms with Gasteiger partial charge in [-0.05, 0) is 30.7 Å². The lowest BCUT2D eigenvalue weighted by atomic mass is 10.1. The number of aryl methyl sites for hydroxylation is 1. The molecule has 0 saturated heterocycles. The molecule has 36 heavy (non-hydrogen) atoms. The van der Waals surface area contributed by atoms with Crippen molar-refractivity contribution in [2.75, 3.05) is 32.1 Å². The van der Waals surface area contributed by atoms with Crippen LogP contribution in [0.3, 0.4) is 0 Å². The molecule has 3 heterocycles. The molecule has 1 amide bonds. The fourth-order valence-corrected chi connectivity index (χ4v) is 4.46. The second-order valence-corrected chi connectivity index (χ2v) is 8.39. The lowest BCUT2D eigenvalue weighted by molar-refractivity contribution is -0.136. The molecule has 5 rings (SSSR count). The van der Waals surface area contributed by atoms with Gasteiger partial charge in [-0.1, -0.05) is 42.5 Å². The number of fused-ring (bicyclic) bond motifs is 1. The highest BCUT2D eigenvalue weighted by Gasteiger charge is 2.34. The summed E-state index contributed by atoms with van der Waals surface area (Å²) in [7, 11) is 1.28. The van der Waals surface area contributed by atoms with E-state index in [2.05, 4.69) is 10.3 Å². The Labute approximate surface area is 207 Å². The first kappa shape index (κ1) is 23.3. The van der Waals surface area contributed by atoms with Gasteiger partial charge in [0.2, 0.25) is 0 Å². The van der Waals surface area contributed by atoms with Gasteiger partial charge in [0.15, 0.2) is 5.65 Å². The van der Waals surface area contributed by atoms with Gasteiger partial charge in [0.25, 0.3) is 5.91 Å². The number of ether oxygens (including phenoxy) is 1. The summed E-state index contributed by atoms with van der Waals surface area (Å²) >= 11 is 0. The summed E-state index contributed by atoms with van der Waals surface area (Å²) in [4.78, 5) is 31.2. The number of carbonyl (C=O) groups is 2. The maximum Gasteiger partial charge on any atom is 0.337 e. The molecule has 2 aromatic heterocycles. The van der Waals surface area contributed by atoms with E-state index in [9.17, 15) is 14.7 Å². The number of β-amino-alcohol motifs (C(OH)–C–C–N with tert-alkyl or cyclic N) is 1. The molecular formula is C27H25N5O4. The molecule has 9 nitrogen and oxygen atoms in total. The minimum Gasteiger partial charge on any atom is -0.466 e. The normalized spacial score (nSPS) is 13.5. The molecule has 0 fully saturated rings. The van der Waals surface area contributed by atoms with E-state index in [1.807, 2.05) is 72.1 Å². The number of hydrogen-bond acceptors (Lipinski definition) is 7. The van der Waals surface area contributed by atoms with Crippen molar-refractivity contribution in [3.8, 4) is 22.4 Å². The van der Waals surface area contributed by atoms with E-state index >= 15 is 0 Å². The lowest BCUT2D eigenvalue weighted by Crippen LogP contribution is -2.31. The Morgan fingerprint density at radius 2 is 1.89 bits per heavy atom. The Balaban J connectivity index is 1.53. The van der Waals surface area contributed by atoms with E-state index in [4.69, 9.17) is 9.84 Å². The standard InChI is InChI=1S/C27H25N5O4/c1-17-23(18-7-4-3-5-8-18)25-28-12-11-22(32(25)30-17)19-9-6-10-20(15-19)29-24-21(27(35)36-2)16-31(13-14-33)26(24)34/h3-12,15,29,33H,13-14,16H2,1-2H3. The second-order valence-electron chi connectivity index (χ2n) is 8.39. The van der Waals surface area contributed by atoms with Crippen molar-refractivity contribution >= 4 is 23.2 Å². The predicted molar refractivity (Wildman–Crippen MR) is 135 cm³/mol. The molecule has 2 N–H and O–H groups in total. The summed E-state index contributed by atoms with van der Waals surface area (Å²) in [6.45, 7) is 1.97. The molecule has 182 valence electrons. The Hall–Kier alpha value is -4.50. The molecule has 0 unspecified atom stereocenters. The molecule has 0 radical (unpaired) electrons. The summed E-state index contributed by atoms with van der Waals surface area (Å²) in [5.74, 6) is -0.949. The third-order valence-electron chi connectivity index (χ3n) is 6.14. The number of aliphatic hydroxyl groups excluding tert-OH is 1. The highest BCUT2D eigenvalue weighted by molar-refractivity contribution is 6.08. The van der Waals surface area contributed by atoms with Gasteiger partial charge in [-0.15, -0.1) is 0 Å². The van der Waals surface area contributed by atoms with Crippen molar-refractivity contribution in [2.45, 2.75) is 6.92 Å². The summed E-state index contributed by atoms with van der Waals surface area (Å²) < 4.78 is 6.69. The molecule has 0 atom stereocenters. The van der Waals surface area contributed by atoms with E-state index in [1.54, 1.807) is 6.20 Å². The Bertz CT molecular complexity index is 1490. The van der Waals surface area contributed by atoms with Crippen molar-refractivity contribution in [1.29, 1.82) is 0 Å². The number of rotatable bonds is 7. The van der Waals surface area contributed by atoms with E-state index in [0.29, 0.717) is 5.69 Å². The number of esters is 1. The number of hydrogen-bond donors (Lipinski definition) is 2. The average molecular weight is 484 g/mol. The van der Waals surface area contributed by atoms with Gasteiger partial charge in [-0.2, -0.15) is 5.10 Å². The number of methoxy groups -OCH3 is 1. The number of nitrogens with zero attached hydrogens (tertiary/aromatic N) is 4. The summed E-state index contributed by atoms with van der Waals surface area (Å²) in [6.07, 6.45) is 1.75. The third kappa shape index (κ3) is 4.09. The van der Waals surface area contributed by atoms with Crippen LogP contribution in [0, 0.1) is 6.92 Å². The van der Waals surface area contributed by atoms with E-state index in [0.717, 1.165) is 33.7 Å². The second kappa shape index (κ2) is 9.63. The van der Waals surface area contributed by atoms with Crippen molar-refractivity contribution in [1.82, 2.24) is 19.5 Å². The fourth-order valence-electron chi connectivity index (χ4n) is 4.46. The summed E-state index contributed by atoms with van der Waals surface area (Å²) in [5, 5.41) is 17.2. The first-order valence-corrected chi connectivity index (χ1v) is 11.5. The topological polar surface area (TPSA) is 109 Å². The molecule has 2 aromatic carbocycles. The van der Waals surface area contributed by atoms with Gasteiger partial charge in [0.05, 0.1) is 37.2 Å². The largest absolute Gasteiger partial charge is 0.466 e. The minimum atomic E-state index is -0.584. The molecule has 1 aliphatic heterocycles. The maximum atomic E-state index is 12.9. The van der Waals surface area contributed by atoms with Crippen LogP contribution in [0.1, 0.15) is 5.69 Å². The van der Waals surface area contributed by atoms with Crippen molar-refractivity contribution in [2.24, 2.45) is 0 Å². The van der Waals surface area contributed by atoms with Crippen LogP contribution in [-0.2, 0) is 14.3 Å². The number of amides is 1. The van der Waals surface area contributed by atoms with E-state index in [-0.39, 0.29) is 36.9 Å². The van der Waals surface area contributed by atoms with Crippen LogP contribution in [0.4, 0.5) is 5.69 Å². The minimum absolute atomic E-state index is 0.0773. The Kier molecular flexibility index (Phi) is 6.22. The first-order valence-electron chi connectivity index (χ1n) is 11.5. The van der Waals surface area contributed by atoms with Crippen molar-refractivity contribution < 1.29 is 19.4 Å². The van der Waals surface area contributed by atoms with Crippen LogP contribution in [0.15, 0.2) is 78.1 Å². The van der Waals surface area contributed by atoms with Crippen molar-refractivity contribution in [3.63, 3.8) is 0 Å². The number of anilines is 1. The number of aromatic nitrogens is 3. The van der Waals surface area contributed by atoms with Crippen LogP contribution in [0.5, 0.6) is 0 Å². The SMILES string of the molecule is COC(=O)C1=C(Nc2cccc(-c3ccnc4c(-c5ccccc5)c(C)nn34)c2)C(=O)N(CCO)C1. The van der Waals surface area contributed by atoms with Crippen LogP contribution >= 0.6 is 0 Å². The highest BCUT2D eigenvalue weighted by atomic mass is 16.5. The van der Waals surface area contributed by atoms with Crippen LogP contribution in [0.2, 0.25) is 0 Å². The van der Waals surface area contributed by atoms with Crippen LogP contribution in [-0.4, -0.2) is 63.3 Å². The molecule has 1 aliphatic rings. The molecule has 9 heteroatoms. The number of aliphatic hydroxyl groups is 1. The van der Waals surface area contributed by atoms with Gasteiger partial charge < -0.3 is 20.1 Å². The van der Waals surface area contributed by atoms with Crippen LogP contribution in [0.25, 0.3) is 28.0 Å². The lowest BCUT2D eigenvalue weighted by Gasteiger charge is -2.15. The predicted octanol–water partition coefficient (Wildman–Crippen LogP) is 3.05. The van der Waals surface area contributed by atoms with Gasteiger partial charge in [0, 0.05) is 29.6 Å². The zero-order valence-corrected chi connectivity index (χ0v) is 19.9. The smallest absolute Gasteiger partial charge is 0.337 e. The van der Waals surface area contributed by atoms with Gasteiger partial charge >= 0.3 is 5.97 Å². The van der Waals surface area contributed by atoms with E-state index in [1.165, 1.54) is 12.0 Å². The molecule has 0 bridgehead atoms. The molecule has 0 aliphatic carbocycles. The maximum absolute atomic E-state index is 12.9. The average Bonchev–Trinajstić information content (AvgIpc) is 3.40. The quantitative estimate of drug-likeness (QED) is 0.389. The zero-order chi connectivity index (χ0) is 25.2. The molecular weight excluding hydrogens is 458 g/mol. The first-order chi connectivity index (χ1) is 17.5. The number of carbonyl (C=O) groups excluding carboxylic acids is 2. The van der Waals surface area contributed by atoms with Gasteiger partial charge in [0.1, 0.15) is 5.70 Å². The monoisotopic (exact) mass is 483 g/mol. The van der Waals surface area contributed by atoms with Crippen LogP contribution < -0.4 is 5.32 Å². The number of benzene rings is 2. The van der Waals surface area contributed by atoms with Crippen molar-refractivity contribution in [3.05, 3.63) is 83.8 Å².